The fourth-order valence-corrected chi connectivity index (χ4v) is 2.89. The molecule has 2 rings (SSSR count). The van der Waals surface area contributed by atoms with Gasteiger partial charge in [-0.1, -0.05) is 53.2 Å². The molecule has 2 aliphatic rings. The first-order valence-corrected chi connectivity index (χ1v) is 7.17. The van der Waals surface area contributed by atoms with Crippen molar-refractivity contribution in [1.82, 2.24) is 0 Å². The van der Waals surface area contributed by atoms with Crippen molar-refractivity contribution in [2.45, 2.75) is 55.4 Å². The summed E-state index contributed by atoms with van der Waals surface area (Å²) in [6.45, 7) is 17.8. The van der Waals surface area contributed by atoms with Gasteiger partial charge in [-0.25, -0.2) is 0 Å². The van der Waals surface area contributed by atoms with E-state index in [4.69, 9.17) is 0 Å². The summed E-state index contributed by atoms with van der Waals surface area (Å²) in [7, 11) is 0. The van der Waals surface area contributed by atoms with Gasteiger partial charge < -0.3 is 4.79 Å². The van der Waals surface area contributed by atoms with E-state index in [0.29, 0.717) is 22.7 Å². The molecule has 0 bridgehead atoms. The van der Waals surface area contributed by atoms with Gasteiger partial charge in [-0.05, 0) is 42.4 Å². The molecule has 0 amide bonds. The molecule has 0 aromatic heterocycles. The van der Waals surface area contributed by atoms with Crippen LogP contribution in [0.1, 0.15) is 55.4 Å². The van der Waals surface area contributed by atoms with E-state index in [1.807, 2.05) is 0 Å². The van der Waals surface area contributed by atoms with Crippen LogP contribution >= 0.6 is 0 Å². The standard InChI is InChI=1S/C10H18.C7H12O/c1-7(2)6-9-8(3)10(9,4)5;1-5-6(4-8)7(5,2)3/h6,8-9H,1-5H3;4-6H,1-3H3. The first-order valence-electron chi connectivity index (χ1n) is 7.17. The van der Waals surface area contributed by atoms with Crippen LogP contribution in [0.4, 0.5) is 0 Å². The number of carbonyl (C=O) groups excluding carboxylic acids is 1. The maximum atomic E-state index is 10.2. The summed E-state index contributed by atoms with van der Waals surface area (Å²) in [5, 5.41) is 0. The molecular weight excluding hydrogens is 220 g/mol. The minimum atomic E-state index is 0.307. The fourth-order valence-electron chi connectivity index (χ4n) is 2.89. The van der Waals surface area contributed by atoms with E-state index in [2.05, 4.69) is 61.5 Å². The third kappa shape index (κ3) is 2.87. The van der Waals surface area contributed by atoms with E-state index in [1.165, 1.54) is 5.57 Å². The van der Waals surface area contributed by atoms with Crippen LogP contribution in [-0.4, -0.2) is 6.29 Å². The zero-order valence-corrected chi connectivity index (χ0v) is 13.4. The van der Waals surface area contributed by atoms with Crippen molar-refractivity contribution in [1.29, 1.82) is 0 Å². The van der Waals surface area contributed by atoms with Gasteiger partial charge in [-0.2, -0.15) is 0 Å². The molecule has 2 fully saturated rings. The molecule has 0 radical (unpaired) electrons. The molecule has 18 heavy (non-hydrogen) atoms. The largest absolute Gasteiger partial charge is 0.303 e. The Morgan fingerprint density at radius 1 is 0.889 bits per heavy atom. The van der Waals surface area contributed by atoms with Crippen LogP contribution < -0.4 is 0 Å². The van der Waals surface area contributed by atoms with Gasteiger partial charge in [0.05, 0.1) is 0 Å². The number of rotatable bonds is 2. The lowest BCUT2D eigenvalue weighted by molar-refractivity contribution is -0.109. The van der Waals surface area contributed by atoms with Crippen LogP contribution in [0.15, 0.2) is 11.6 Å². The van der Waals surface area contributed by atoms with Crippen molar-refractivity contribution in [2.24, 2.45) is 34.5 Å². The molecule has 0 N–H and O–H groups in total. The molecule has 2 saturated carbocycles. The highest BCUT2D eigenvalue weighted by Crippen LogP contribution is 2.58. The first-order chi connectivity index (χ1) is 8.06. The topological polar surface area (TPSA) is 17.1 Å². The Kier molecular flexibility index (Phi) is 4.15. The molecule has 1 heteroatoms. The lowest BCUT2D eigenvalue weighted by Crippen LogP contribution is -1.89. The van der Waals surface area contributed by atoms with Crippen LogP contribution in [0.5, 0.6) is 0 Å². The highest BCUT2D eigenvalue weighted by Gasteiger charge is 2.54. The summed E-state index contributed by atoms with van der Waals surface area (Å²) in [4.78, 5) is 10.2. The smallest absolute Gasteiger partial charge is 0.123 e. The zero-order valence-electron chi connectivity index (χ0n) is 13.4. The van der Waals surface area contributed by atoms with Gasteiger partial charge in [0.25, 0.3) is 0 Å². The Balaban J connectivity index is 0.000000184. The fraction of sp³-hybridized carbons (Fsp3) is 0.824. The average molecular weight is 250 g/mol. The maximum absolute atomic E-state index is 10.2. The highest BCUT2D eigenvalue weighted by molar-refractivity contribution is 5.60. The Hall–Kier alpha value is -0.590. The Morgan fingerprint density at radius 3 is 1.28 bits per heavy atom. The molecule has 2 aliphatic carbocycles. The van der Waals surface area contributed by atoms with Gasteiger partial charge in [-0.3, -0.25) is 0 Å². The summed E-state index contributed by atoms with van der Waals surface area (Å²) in [6, 6.07) is 0. The van der Waals surface area contributed by atoms with E-state index in [1.54, 1.807) is 0 Å². The zero-order chi connectivity index (χ0) is 14.3. The van der Waals surface area contributed by atoms with Crippen LogP contribution in [0, 0.1) is 34.5 Å². The van der Waals surface area contributed by atoms with Gasteiger partial charge in [0.15, 0.2) is 0 Å². The number of hydrogen-bond acceptors (Lipinski definition) is 1. The molecule has 4 atom stereocenters. The molecule has 104 valence electrons. The third-order valence-electron chi connectivity index (χ3n) is 5.58. The van der Waals surface area contributed by atoms with Crippen LogP contribution in [0.25, 0.3) is 0 Å². The van der Waals surface area contributed by atoms with E-state index >= 15 is 0 Å². The second-order valence-corrected chi connectivity index (χ2v) is 7.65. The van der Waals surface area contributed by atoms with Crippen LogP contribution in [0.3, 0.4) is 0 Å². The predicted molar refractivity (Wildman–Crippen MR) is 78.4 cm³/mol. The van der Waals surface area contributed by atoms with Gasteiger partial charge >= 0.3 is 0 Å². The van der Waals surface area contributed by atoms with Gasteiger partial charge in [0.2, 0.25) is 0 Å². The number of hydrogen-bond donors (Lipinski definition) is 0. The molecule has 0 heterocycles. The van der Waals surface area contributed by atoms with E-state index in [0.717, 1.165) is 18.1 Å². The number of carbonyl (C=O) groups is 1. The summed E-state index contributed by atoms with van der Waals surface area (Å²) in [6.07, 6.45) is 3.48. The van der Waals surface area contributed by atoms with Crippen molar-refractivity contribution in [3.8, 4) is 0 Å². The van der Waals surface area contributed by atoms with Crippen molar-refractivity contribution in [3.05, 3.63) is 11.6 Å². The average Bonchev–Trinajstić information content (AvgIpc) is 2.91. The lowest BCUT2D eigenvalue weighted by Gasteiger charge is -1.96. The molecule has 0 saturated heterocycles. The molecule has 0 spiro atoms. The molecule has 0 aromatic carbocycles. The lowest BCUT2D eigenvalue weighted by atomic mass is 10.1. The van der Waals surface area contributed by atoms with Gasteiger partial charge in [0, 0.05) is 5.92 Å². The van der Waals surface area contributed by atoms with Crippen molar-refractivity contribution in [3.63, 3.8) is 0 Å². The third-order valence-corrected chi connectivity index (χ3v) is 5.58. The predicted octanol–water partition coefficient (Wildman–Crippen LogP) is 4.72. The van der Waals surface area contributed by atoms with E-state index in [-0.39, 0.29) is 0 Å². The molecule has 4 unspecified atom stereocenters. The van der Waals surface area contributed by atoms with Crippen molar-refractivity contribution >= 4 is 6.29 Å². The summed E-state index contributed by atoms with van der Waals surface area (Å²) in [5.41, 5.74) is 2.35. The highest BCUT2D eigenvalue weighted by atomic mass is 16.1. The quantitative estimate of drug-likeness (QED) is 0.512. The Morgan fingerprint density at radius 2 is 1.22 bits per heavy atom. The normalized spacial score (nSPS) is 38.0. The minimum Gasteiger partial charge on any atom is -0.303 e. The van der Waals surface area contributed by atoms with Gasteiger partial charge in [0.1, 0.15) is 6.29 Å². The van der Waals surface area contributed by atoms with Crippen molar-refractivity contribution in [2.75, 3.05) is 0 Å². The summed E-state index contributed by atoms with van der Waals surface area (Å²) < 4.78 is 0. The molecule has 0 aliphatic heterocycles. The molecule has 0 aromatic rings. The van der Waals surface area contributed by atoms with Gasteiger partial charge in [-0.15, -0.1) is 0 Å². The van der Waals surface area contributed by atoms with Crippen molar-refractivity contribution < 1.29 is 4.79 Å². The number of allylic oxidation sites excluding steroid dienone is 2. The maximum Gasteiger partial charge on any atom is 0.123 e. The molecule has 1 nitrogen and oxygen atoms in total. The number of aldehydes is 1. The SMILES string of the molecule is CC(C)=CC1C(C)C1(C)C.CC1C(C=O)C1(C)C. The van der Waals surface area contributed by atoms with Crippen LogP contribution in [-0.2, 0) is 4.79 Å². The van der Waals surface area contributed by atoms with E-state index in [9.17, 15) is 4.79 Å². The second kappa shape index (κ2) is 4.83. The first kappa shape index (κ1) is 15.5. The molecular formula is C17H30O. The van der Waals surface area contributed by atoms with E-state index < -0.39 is 0 Å². The Labute approximate surface area is 113 Å². The minimum absolute atomic E-state index is 0.307. The monoisotopic (exact) mass is 250 g/mol. The summed E-state index contributed by atoms with van der Waals surface area (Å²) in [5.74, 6) is 2.68. The summed E-state index contributed by atoms with van der Waals surface area (Å²) >= 11 is 0. The Bertz CT molecular complexity index is 345. The van der Waals surface area contributed by atoms with Crippen LogP contribution in [0.2, 0.25) is 0 Å². The second-order valence-electron chi connectivity index (χ2n) is 7.65.